The normalized spacial score (nSPS) is 16.8. The van der Waals surface area contributed by atoms with Gasteiger partial charge in [0.05, 0.1) is 0 Å². The summed E-state index contributed by atoms with van der Waals surface area (Å²) in [7, 11) is 0. The highest BCUT2D eigenvalue weighted by atomic mass is 79.9. The summed E-state index contributed by atoms with van der Waals surface area (Å²) in [5.41, 5.74) is 2.80. The molecule has 1 heterocycles. The Morgan fingerprint density at radius 3 is 2.80 bits per heavy atom. The number of fused-ring (bicyclic) bond motifs is 1. The fourth-order valence-corrected chi connectivity index (χ4v) is 2.60. The lowest BCUT2D eigenvalue weighted by Gasteiger charge is -2.13. The van der Waals surface area contributed by atoms with Gasteiger partial charge in [-0.3, -0.25) is 4.79 Å². The Balaban J connectivity index is 1.93. The van der Waals surface area contributed by atoms with Gasteiger partial charge in [-0.25, -0.2) is 4.39 Å². The van der Waals surface area contributed by atoms with Crippen molar-refractivity contribution < 1.29 is 9.18 Å². The lowest BCUT2D eigenvalue weighted by molar-refractivity contribution is -0.116. The van der Waals surface area contributed by atoms with Crippen LogP contribution in [-0.2, 0) is 4.79 Å². The number of amides is 1. The first-order chi connectivity index (χ1) is 9.54. The summed E-state index contributed by atoms with van der Waals surface area (Å²) in [5.74, 6) is -0.429. The van der Waals surface area contributed by atoms with Crippen LogP contribution in [0.4, 0.5) is 15.8 Å². The summed E-state index contributed by atoms with van der Waals surface area (Å²) in [4.78, 5) is 12.0. The molecule has 3 nitrogen and oxygen atoms in total. The van der Waals surface area contributed by atoms with Crippen LogP contribution in [0.1, 0.15) is 17.2 Å². The number of carbonyl (C=O) groups excluding carboxylic acids is 1. The molecular formula is C15H12BrFN2O. The minimum absolute atomic E-state index is 0.140. The van der Waals surface area contributed by atoms with Gasteiger partial charge in [0.15, 0.2) is 0 Å². The summed E-state index contributed by atoms with van der Waals surface area (Å²) in [6.07, 6.45) is 0. The van der Waals surface area contributed by atoms with Gasteiger partial charge in [-0.15, -0.1) is 0 Å². The van der Waals surface area contributed by atoms with E-state index in [2.05, 4.69) is 26.6 Å². The average Bonchev–Trinajstić information content (AvgIpc) is 2.70. The van der Waals surface area contributed by atoms with Crippen LogP contribution in [0, 0.1) is 12.7 Å². The van der Waals surface area contributed by atoms with E-state index in [0.717, 1.165) is 15.7 Å². The van der Waals surface area contributed by atoms with Crippen LogP contribution >= 0.6 is 15.9 Å². The Hall–Kier alpha value is -1.88. The molecule has 1 unspecified atom stereocenters. The monoisotopic (exact) mass is 334 g/mol. The molecule has 0 saturated heterocycles. The van der Waals surface area contributed by atoms with Gasteiger partial charge in [-0.1, -0.05) is 22.0 Å². The molecule has 1 amide bonds. The second-order valence-electron chi connectivity index (χ2n) is 4.76. The van der Waals surface area contributed by atoms with Gasteiger partial charge in [-0.05, 0) is 42.8 Å². The Bertz CT molecular complexity index is 702. The largest absolute Gasteiger partial charge is 0.370 e. The Kier molecular flexibility index (Phi) is 3.22. The molecule has 2 aromatic carbocycles. The number of rotatable bonds is 2. The maximum Gasteiger partial charge on any atom is 0.251 e. The highest BCUT2D eigenvalue weighted by Gasteiger charge is 2.30. The van der Waals surface area contributed by atoms with Crippen molar-refractivity contribution in [3.63, 3.8) is 0 Å². The van der Waals surface area contributed by atoms with Crippen LogP contribution in [0.25, 0.3) is 0 Å². The number of nitrogens with one attached hydrogen (secondary N) is 2. The van der Waals surface area contributed by atoms with Crippen molar-refractivity contribution >= 4 is 33.2 Å². The quantitative estimate of drug-likeness (QED) is 0.871. The highest BCUT2D eigenvalue weighted by Crippen LogP contribution is 2.35. The van der Waals surface area contributed by atoms with Crippen LogP contribution in [0.3, 0.4) is 0 Å². The molecular weight excluding hydrogens is 323 g/mol. The molecule has 0 bridgehead atoms. The number of halogens is 2. The first-order valence-electron chi connectivity index (χ1n) is 6.17. The molecule has 2 aromatic rings. The van der Waals surface area contributed by atoms with E-state index in [-0.39, 0.29) is 11.7 Å². The minimum atomic E-state index is -0.510. The van der Waals surface area contributed by atoms with E-state index in [0.29, 0.717) is 11.3 Å². The zero-order valence-electron chi connectivity index (χ0n) is 10.7. The fourth-order valence-electron chi connectivity index (χ4n) is 2.22. The third kappa shape index (κ3) is 2.29. The summed E-state index contributed by atoms with van der Waals surface area (Å²) < 4.78 is 14.5. The second kappa shape index (κ2) is 4.90. The van der Waals surface area contributed by atoms with Gasteiger partial charge < -0.3 is 10.6 Å². The Morgan fingerprint density at radius 1 is 1.25 bits per heavy atom. The van der Waals surface area contributed by atoms with Crippen molar-refractivity contribution in [2.24, 2.45) is 0 Å². The molecule has 3 rings (SSSR count). The highest BCUT2D eigenvalue weighted by molar-refractivity contribution is 9.10. The van der Waals surface area contributed by atoms with E-state index < -0.39 is 6.04 Å². The van der Waals surface area contributed by atoms with E-state index in [1.807, 2.05) is 18.2 Å². The smallest absolute Gasteiger partial charge is 0.251 e. The third-order valence-electron chi connectivity index (χ3n) is 3.33. The van der Waals surface area contributed by atoms with Crippen LogP contribution in [0.5, 0.6) is 0 Å². The molecule has 0 radical (unpaired) electrons. The van der Waals surface area contributed by atoms with Gasteiger partial charge in [0.1, 0.15) is 11.9 Å². The van der Waals surface area contributed by atoms with Gasteiger partial charge in [0.2, 0.25) is 0 Å². The SMILES string of the molecule is Cc1ccc(NC2C(=O)Nc3ccc(Br)cc32)cc1F. The van der Waals surface area contributed by atoms with Crippen LogP contribution in [0.2, 0.25) is 0 Å². The van der Waals surface area contributed by atoms with Crippen molar-refractivity contribution in [2.75, 3.05) is 10.6 Å². The van der Waals surface area contributed by atoms with Gasteiger partial charge >= 0.3 is 0 Å². The van der Waals surface area contributed by atoms with Crippen LogP contribution < -0.4 is 10.6 Å². The molecule has 0 fully saturated rings. The van der Waals surface area contributed by atoms with Gasteiger partial charge in [-0.2, -0.15) is 0 Å². The van der Waals surface area contributed by atoms with Gasteiger partial charge in [0.25, 0.3) is 5.91 Å². The number of anilines is 2. The van der Waals surface area contributed by atoms with Crippen molar-refractivity contribution in [1.29, 1.82) is 0 Å². The van der Waals surface area contributed by atoms with Crippen molar-refractivity contribution in [3.8, 4) is 0 Å². The van der Waals surface area contributed by atoms with Crippen LogP contribution in [-0.4, -0.2) is 5.91 Å². The number of aryl methyl sites for hydroxylation is 1. The first-order valence-corrected chi connectivity index (χ1v) is 6.97. The maximum absolute atomic E-state index is 13.6. The predicted octanol–water partition coefficient (Wildman–Crippen LogP) is 4.00. The molecule has 5 heteroatoms. The number of hydrogen-bond donors (Lipinski definition) is 2. The number of benzene rings is 2. The topological polar surface area (TPSA) is 41.1 Å². The first kappa shape index (κ1) is 13.1. The van der Waals surface area contributed by atoms with E-state index in [9.17, 15) is 9.18 Å². The Morgan fingerprint density at radius 2 is 2.05 bits per heavy atom. The molecule has 102 valence electrons. The molecule has 20 heavy (non-hydrogen) atoms. The fraction of sp³-hybridized carbons (Fsp3) is 0.133. The molecule has 0 aliphatic carbocycles. The van der Waals surface area contributed by atoms with Crippen LogP contribution in [0.15, 0.2) is 40.9 Å². The minimum Gasteiger partial charge on any atom is -0.370 e. The van der Waals surface area contributed by atoms with Crippen molar-refractivity contribution in [3.05, 3.63) is 57.8 Å². The van der Waals surface area contributed by atoms with E-state index >= 15 is 0 Å². The van der Waals surface area contributed by atoms with E-state index in [1.54, 1.807) is 19.1 Å². The summed E-state index contributed by atoms with van der Waals surface area (Å²) in [6, 6.07) is 9.94. The summed E-state index contributed by atoms with van der Waals surface area (Å²) >= 11 is 3.39. The lowest BCUT2D eigenvalue weighted by Crippen LogP contribution is -2.19. The molecule has 1 atom stereocenters. The summed E-state index contributed by atoms with van der Waals surface area (Å²) in [6.45, 7) is 1.70. The average molecular weight is 335 g/mol. The van der Waals surface area contributed by atoms with E-state index in [1.165, 1.54) is 6.07 Å². The predicted molar refractivity (Wildman–Crippen MR) is 80.3 cm³/mol. The summed E-state index contributed by atoms with van der Waals surface area (Å²) in [5, 5.41) is 5.87. The molecule has 0 aromatic heterocycles. The lowest BCUT2D eigenvalue weighted by atomic mass is 10.1. The second-order valence-corrected chi connectivity index (χ2v) is 5.68. The molecule has 0 saturated carbocycles. The molecule has 1 aliphatic rings. The zero-order valence-corrected chi connectivity index (χ0v) is 12.3. The number of carbonyl (C=O) groups is 1. The third-order valence-corrected chi connectivity index (χ3v) is 3.82. The molecule has 0 spiro atoms. The molecule has 1 aliphatic heterocycles. The van der Waals surface area contributed by atoms with Crippen molar-refractivity contribution in [2.45, 2.75) is 13.0 Å². The maximum atomic E-state index is 13.6. The standard InChI is InChI=1S/C15H12BrFN2O/c1-8-2-4-10(7-12(8)17)18-14-11-6-9(16)3-5-13(11)19-15(14)20/h2-7,14,18H,1H3,(H,19,20). The van der Waals surface area contributed by atoms with E-state index in [4.69, 9.17) is 0 Å². The molecule has 2 N–H and O–H groups in total. The zero-order chi connectivity index (χ0) is 14.3. The number of hydrogen-bond acceptors (Lipinski definition) is 2. The Labute approximate surface area is 124 Å². The van der Waals surface area contributed by atoms with Gasteiger partial charge in [0, 0.05) is 21.4 Å². The van der Waals surface area contributed by atoms with Crippen molar-refractivity contribution in [1.82, 2.24) is 0 Å².